The summed E-state index contributed by atoms with van der Waals surface area (Å²) < 4.78 is 4.88. The van der Waals surface area contributed by atoms with E-state index >= 15 is 0 Å². The van der Waals surface area contributed by atoms with E-state index in [-0.39, 0.29) is 0 Å². The molecule has 0 bridgehead atoms. The minimum Gasteiger partial charge on any atom is -0.473 e. The second-order valence-corrected chi connectivity index (χ2v) is 3.50. The van der Waals surface area contributed by atoms with Crippen molar-refractivity contribution in [3.8, 4) is 5.19 Å². The molecule has 0 aliphatic carbocycles. The number of ether oxygens (including phenoxy) is 1. The number of hydrogen-bond acceptors (Lipinski definition) is 3. The fourth-order valence-corrected chi connectivity index (χ4v) is 2.18. The molecule has 10 heavy (non-hydrogen) atoms. The predicted octanol–water partition coefficient (Wildman–Crippen LogP) is 2.70. The lowest BCUT2D eigenvalue weighted by Gasteiger charge is -1.85. The molecule has 0 N–H and O–H groups in total. The van der Waals surface area contributed by atoms with Crippen LogP contribution < -0.4 is 4.74 Å². The standard InChI is InChI=1S/C5H5BrClNOS/c1-9-5-8-4(7)3(2-6)10-5/h2H2,1H3. The smallest absolute Gasteiger partial charge is 0.274 e. The van der Waals surface area contributed by atoms with Gasteiger partial charge in [0.05, 0.1) is 12.0 Å². The molecule has 1 heterocycles. The van der Waals surface area contributed by atoms with Gasteiger partial charge in [0.2, 0.25) is 0 Å². The third kappa shape index (κ3) is 1.62. The van der Waals surface area contributed by atoms with Gasteiger partial charge in [0.25, 0.3) is 5.19 Å². The lowest BCUT2D eigenvalue weighted by Crippen LogP contribution is -1.77. The van der Waals surface area contributed by atoms with Crippen LogP contribution in [-0.4, -0.2) is 12.1 Å². The van der Waals surface area contributed by atoms with Gasteiger partial charge in [-0.15, -0.1) is 0 Å². The Morgan fingerprint density at radius 2 is 2.50 bits per heavy atom. The SMILES string of the molecule is COc1nc(Cl)c(CBr)s1. The van der Waals surface area contributed by atoms with E-state index in [0.717, 1.165) is 10.2 Å². The van der Waals surface area contributed by atoms with Crippen LogP contribution >= 0.6 is 38.9 Å². The molecule has 0 spiro atoms. The molecule has 1 rings (SSSR count). The molecule has 0 aromatic carbocycles. The molecule has 0 saturated carbocycles. The first-order valence-corrected chi connectivity index (χ1v) is 4.84. The van der Waals surface area contributed by atoms with E-state index in [9.17, 15) is 0 Å². The maximum atomic E-state index is 5.71. The Balaban J connectivity index is 2.92. The lowest BCUT2D eigenvalue weighted by atomic mass is 10.6. The first-order valence-electron chi connectivity index (χ1n) is 2.53. The Bertz CT molecular complexity index is 227. The molecule has 0 fully saturated rings. The van der Waals surface area contributed by atoms with Crippen molar-refractivity contribution in [1.29, 1.82) is 0 Å². The minimum absolute atomic E-state index is 0.527. The zero-order chi connectivity index (χ0) is 7.56. The molecule has 0 radical (unpaired) electrons. The highest BCUT2D eigenvalue weighted by molar-refractivity contribution is 9.08. The molecule has 1 aromatic rings. The average Bonchev–Trinajstić information content (AvgIpc) is 2.30. The van der Waals surface area contributed by atoms with Gasteiger partial charge >= 0.3 is 0 Å². The maximum Gasteiger partial charge on any atom is 0.274 e. The molecule has 0 aliphatic heterocycles. The second-order valence-electron chi connectivity index (χ2n) is 1.53. The highest BCUT2D eigenvalue weighted by Crippen LogP contribution is 2.29. The first kappa shape index (κ1) is 8.30. The molecular formula is C5H5BrClNOS. The summed E-state index contributed by atoms with van der Waals surface area (Å²) in [5, 5.41) is 1.87. The number of halogens is 2. The number of nitrogens with zero attached hydrogens (tertiary/aromatic N) is 1. The topological polar surface area (TPSA) is 22.1 Å². The normalized spacial score (nSPS) is 9.90. The van der Waals surface area contributed by atoms with Crippen molar-refractivity contribution in [2.45, 2.75) is 5.33 Å². The summed E-state index contributed by atoms with van der Waals surface area (Å²) in [5.41, 5.74) is 0. The van der Waals surface area contributed by atoms with Crippen LogP contribution in [0.15, 0.2) is 0 Å². The Labute approximate surface area is 76.3 Å². The van der Waals surface area contributed by atoms with Gasteiger partial charge in [-0.25, -0.2) is 0 Å². The van der Waals surface area contributed by atoms with Crippen molar-refractivity contribution >= 4 is 38.9 Å². The molecule has 5 heteroatoms. The molecule has 56 valence electrons. The quantitative estimate of drug-likeness (QED) is 0.744. The van der Waals surface area contributed by atoms with Crippen LogP contribution in [0.3, 0.4) is 0 Å². The molecule has 2 nitrogen and oxygen atoms in total. The lowest BCUT2D eigenvalue weighted by molar-refractivity contribution is 0.412. The van der Waals surface area contributed by atoms with E-state index < -0.39 is 0 Å². The third-order valence-electron chi connectivity index (χ3n) is 0.926. The Kier molecular flexibility index (Phi) is 2.95. The van der Waals surface area contributed by atoms with E-state index in [1.165, 1.54) is 11.3 Å². The molecule has 0 atom stereocenters. The van der Waals surface area contributed by atoms with E-state index in [1.807, 2.05) is 0 Å². The summed E-state index contributed by atoms with van der Waals surface area (Å²) in [7, 11) is 1.58. The molecule has 1 aromatic heterocycles. The molecule has 0 aliphatic rings. The summed E-state index contributed by atoms with van der Waals surface area (Å²) >= 11 is 10.4. The van der Waals surface area contributed by atoms with Crippen LogP contribution in [0.2, 0.25) is 5.15 Å². The van der Waals surface area contributed by atoms with Crippen LogP contribution in [0.5, 0.6) is 5.19 Å². The fraction of sp³-hybridized carbons (Fsp3) is 0.400. The monoisotopic (exact) mass is 241 g/mol. The van der Waals surface area contributed by atoms with Gasteiger partial charge in [-0.05, 0) is 0 Å². The Morgan fingerprint density at radius 1 is 1.80 bits per heavy atom. The highest BCUT2D eigenvalue weighted by atomic mass is 79.9. The van der Waals surface area contributed by atoms with Gasteiger partial charge in [0.1, 0.15) is 5.15 Å². The van der Waals surface area contributed by atoms with Crippen LogP contribution in [0.25, 0.3) is 0 Å². The predicted molar refractivity (Wildman–Crippen MR) is 46.3 cm³/mol. The fourth-order valence-electron chi connectivity index (χ4n) is 0.483. The number of hydrogen-bond donors (Lipinski definition) is 0. The Morgan fingerprint density at radius 3 is 2.80 bits per heavy atom. The van der Waals surface area contributed by atoms with Gasteiger partial charge in [0, 0.05) is 5.33 Å². The van der Waals surface area contributed by atoms with Gasteiger partial charge in [-0.3, -0.25) is 0 Å². The van der Waals surface area contributed by atoms with Crippen molar-refractivity contribution in [2.24, 2.45) is 0 Å². The number of alkyl halides is 1. The molecule has 0 saturated heterocycles. The summed E-state index contributed by atoms with van der Waals surface area (Å²) in [6.45, 7) is 0. The summed E-state index contributed by atoms with van der Waals surface area (Å²) in [6.07, 6.45) is 0. The van der Waals surface area contributed by atoms with E-state index in [2.05, 4.69) is 20.9 Å². The van der Waals surface area contributed by atoms with Gasteiger partial charge in [-0.2, -0.15) is 4.98 Å². The maximum absolute atomic E-state index is 5.71. The Hall–Kier alpha value is 0.200. The van der Waals surface area contributed by atoms with Crippen LogP contribution in [-0.2, 0) is 5.33 Å². The largest absolute Gasteiger partial charge is 0.473 e. The van der Waals surface area contributed by atoms with Gasteiger partial charge < -0.3 is 4.74 Å². The van der Waals surface area contributed by atoms with Crippen molar-refractivity contribution in [2.75, 3.05) is 7.11 Å². The zero-order valence-electron chi connectivity index (χ0n) is 5.23. The summed E-state index contributed by atoms with van der Waals surface area (Å²) in [5.74, 6) is 0. The molecule has 0 amide bonds. The third-order valence-corrected chi connectivity index (χ3v) is 3.30. The van der Waals surface area contributed by atoms with E-state index in [1.54, 1.807) is 7.11 Å². The van der Waals surface area contributed by atoms with Crippen molar-refractivity contribution in [3.05, 3.63) is 10.0 Å². The van der Waals surface area contributed by atoms with Crippen LogP contribution in [0, 0.1) is 0 Å². The number of methoxy groups -OCH3 is 1. The average molecular weight is 243 g/mol. The summed E-state index contributed by atoms with van der Waals surface area (Å²) in [4.78, 5) is 4.93. The second kappa shape index (κ2) is 3.55. The van der Waals surface area contributed by atoms with Gasteiger partial charge in [-0.1, -0.05) is 38.9 Å². The van der Waals surface area contributed by atoms with Crippen LogP contribution in [0.1, 0.15) is 4.88 Å². The van der Waals surface area contributed by atoms with E-state index in [0.29, 0.717) is 10.3 Å². The molecular weight excluding hydrogens is 237 g/mol. The summed E-state index contributed by atoms with van der Waals surface area (Å²) in [6, 6.07) is 0. The van der Waals surface area contributed by atoms with Crippen molar-refractivity contribution in [1.82, 2.24) is 4.98 Å². The van der Waals surface area contributed by atoms with Crippen molar-refractivity contribution < 1.29 is 4.74 Å². The minimum atomic E-state index is 0.527. The van der Waals surface area contributed by atoms with Crippen molar-refractivity contribution in [3.63, 3.8) is 0 Å². The number of rotatable bonds is 2. The zero-order valence-corrected chi connectivity index (χ0v) is 8.39. The number of aromatic nitrogens is 1. The molecule has 0 unspecified atom stereocenters. The van der Waals surface area contributed by atoms with Gasteiger partial charge in [0.15, 0.2) is 0 Å². The number of thiazole rings is 1. The van der Waals surface area contributed by atoms with Crippen LogP contribution in [0.4, 0.5) is 0 Å². The van der Waals surface area contributed by atoms with E-state index in [4.69, 9.17) is 16.3 Å². The highest BCUT2D eigenvalue weighted by Gasteiger charge is 2.06. The first-order chi connectivity index (χ1) is 4.77.